The molecule has 100 valence electrons. The number of aliphatic hydroxyl groups is 1. The summed E-state index contributed by atoms with van der Waals surface area (Å²) in [6, 6.07) is 9.82. The van der Waals surface area contributed by atoms with E-state index < -0.39 is 6.10 Å². The molecule has 0 spiro atoms. The van der Waals surface area contributed by atoms with Crippen molar-refractivity contribution in [2.75, 3.05) is 6.61 Å². The van der Waals surface area contributed by atoms with Gasteiger partial charge in [0.05, 0.1) is 12.2 Å². The number of hydrogen-bond acceptors (Lipinski definition) is 2. The molecule has 0 amide bonds. The summed E-state index contributed by atoms with van der Waals surface area (Å²) in [6.45, 7) is 2.93. The minimum absolute atomic E-state index is 0.398. The highest BCUT2D eigenvalue weighted by Gasteiger charge is 2.21. The van der Waals surface area contributed by atoms with Gasteiger partial charge in [0, 0.05) is 13.0 Å². The fourth-order valence-corrected chi connectivity index (χ4v) is 2.70. The van der Waals surface area contributed by atoms with E-state index in [9.17, 15) is 5.11 Å². The molecule has 1 aromatic rings. The zero-order valence-electron chi connectivity index (χ0n) is 11.2. The van der Waals surface area contributed by atoms with E-state index in [0.717, 1.165) is 5.56 Å². The van der Waals surface area contributed by atoms with Crippen LogP contribution in [0.4, 0.5) is 0 Å². The van der Waals surface area contributed by atoms with Crippen LogP contribution < -0.4 is 0 Å². The highest BCUT2D eigenvalue weighted by Crippen LogP contribution is 2.27. The van der Waals surface area contributed by atoms with Gasteiger partial charge in [-0.3, -0.25) is 0 Å². The Hall–Kier alpha value is -0.860. The van der Waals surface area contributed by atoms with Crippen LogP contribution in [0, 0.1) is 5.92 Å². The molecule has 1 aromatic carbocycles. The molecule has 2 heteroatoms. The molecule has 0 radical (unpaired) electrons. The molecule has 18 heavy (non-hydrogen) atoms. The summed E-state index contributed by atoms with van der Waals surface area (Å²) >= 11 is 0. The Morgan fingerprint density at radius 2 is 1.94 bits per heavy atom. The van der Waals surface area contributed by atoms with Crippen LogP contribution >= 0.6 is 0 Å². The molecule has 0 bridgehead atoms. The zero-order chi connectivity index (χ0) is 12.8. The summed E-state index contributed by atoms with van der Waals surface area (Å²) in [5.74, 6) is 0.674. The average Bonchev–Trinajstić information content (AvgIpc) is 2.42. The van der Waals surface area contributed by atoms with Crippen molar-refractivity contribution >= 4 is 0 Å². The van der Waals surface area contributed by atoms with Gasteiger partial charge in [0.1, 0.15) is 0 Å². The lowest BCUT2D eigenvalue weighted by molar-refractivity contribution is -0.0188. The fourth-order valence-electron chi connectivity index (χ4n) is 2.70. The topological polar surface area (TPSA) is 29.5 Å². The number of rotatable bonds is 5. The molecule has 1 aliphatic carbocycles. The van der Waals surface area contributed by atoms with Crippen molar-refractivity contribution in [1.29, 1.82) is 0 Å². The minimum atomic E-state index is -0.398. The standard InChI is InChI=1S/C16H24O2/c1-13-7-5-6-10-16(13)18-12-11-15(17)14-8-3-2-4-9-14/h2-4,8-9,13,15-17H,5-7,10-12H2,1H3. The van der Waals surface area contributed by atoms with Crippen LogP contribution in [0.1, 0.15) is 50.7 Å². The SMILES string of the molecule is CC1CCCCC1OCCC(O)c1ccccc1. The van der Waals surface area contributed by atoms with Gasteiger partial charge >= 0.3 is 0 Å². The molecule has 3 atom stereocenters. The number of benzene rings is 1. The lowest BCUT2D eigenvalue weighted by Gasteiger charge is -2.29. The van der Waals surface area contributed by atoms with E-state index in [-0.39, 0.29) is 0 Å². The highest BCUT2D eigenvalue weighted by molar-refractivity contribution is 5.17. The third kappa shape index (κ3) is 3.82. The molecule has 2 nitrogen and oxygen atoms in total. The second kappa shape index (κ2) is 6.91. The molecule has 1 aliphatic rings. The van der Waals surface area contributed by atoms with Crippen molar-refractivity contribution < 1.29 is 9.84 Å². The minimum Gasteiger partial charge on any atom is -0.388 e. The van der Waals surface area contributed by atoms with E-state index in [4.69, 9.17) is 4.74 Å². The van der Waals surface area contributed by atoms with Gasteiger partial charge in [-0.2, -0.15) is 0 Å². The van der Waals surface area contributed by atoms with Crippen LogP contribution in [0.2, 0.25) is 0 Å². The van der Waals surface area contributed by atoms with E-state index in [1.807, 2.05) is 30.3 Å². The van der Waals surface area contributed by atoms with E-state index >= 15 is 0 Å². The molecule has 1 fully saturated rings. The Bertz CT molecular complexity index is 336. The van der Waals surface area contributed by atoms with E-state index in [2.05, 4.69) is 6.92 Å². The third-order valence-electron chi connectivity index (χ3n) is 3.94. The van der Waals surface area contributed by atoms with Gasteiger partial charge in [-0.05, 0) is 24.3 Å². The second-order valence-corrected chi connectivity index (χ2v) is 5.39. The van der Waals surface area contributed by atoms with Crippen molar-refractivity contribution in [2.45, 2.75) is 51.2 Å². The molecule has 0 heterocycles. The van der Waals surface area contributed by atoms with Crippen LogP contribution in [0.15, 0.2) is 30.3 Å². The molecular weight excluding hydrogens is 224 g/mol. The van der Waals surface area contributed by atoms with E-state index in [1.54, 1.807) is 0 Å². The van der Waals surface area contributed by atoms with Gasteiger partial charge in [-0.15, -0.1) is 0 Å². The molecule has 0 aromatic heterocycles. The fraction of sp³-hybridized carbons (Fsp3) is 0.625. The zero-order valence-corrected chi connectivity index (χ0v) is 11.2. The first-order valence-electron chi connectivity index (χ1n) is 7.12. The van der Waals surface area contributed by atoms with Crippen molar-refractivity contribution in [3.05, 3.63) is 35.9 Å². The van der Waals surface area contributed by atoms with Crippen LogP contribution in [0.5, 0.6) is 0 Å². The quantitative estimate of drug-likeness (QED) is 0.861. The van der Waals surface area contributed by atoms with Crippen molar-refractivity contribution in [3.63, 3.8) is 0 Å². The predicted octanol–water partition coefficient (Wildman–Crippen LogP) is 3.71. The molecule has 2 rings (SSSR count). The summed E-state index contributed by atoms with van der Waals surface area (Å²) in [5, 5.41) is 10.0. The number of ether oxygens (including phenoxy) is 1. The van der Waals surface area contributed by atoms with E-state index in [1.165, 1.54) is 25.7 Å². The molecule has 1 N–H and O–H groups in total. The van der Waals surface area contributed by atoms with Gasteiger partial charge < -0.3 is 9.84 Å². The van der Waals surface area contributed by atoms with Crippen LogP contribution in [0.3, 0.4) is 0 Å². The van der Waals surface area contributed by atoms with Crippen LogP contribution in [-0.2, 0) is 4.74 Å². The van der Waals surface area contributed by atoms with Crippen molar-refractivity contribution in [1.82, 2.24) is 0 Å². The maximum atomic E-state index is 10.0. The van der Waals surface area contributed by atoms with Crippen LogP contribution in [0.25, 0.3) is 0 Å². The Morgan fingerprint density at radius 1 is 1.22 bits per heavy atom. The average molecular weight is 248 g/mol. The summed E-state index contributed by atoms with van der Waals surface area (Å²) in [6.07, 6.45) is 5.79. The first-order chi connectivity index (χ1) is 8.77. The normalized spacial score (nSPS) is 25.9. The number of aliphatic hydroxyl groups excluding tert-OH is 1. The maximum Gasteiger partial charge on any atom is 0.0812 e. The summed E-state index contributed by atoms with van der Waals surface area (Å²) in [5.41, 5.74) is 0.984. The Labute approximate surface area is 110 Å². The molecule has 0 aliphatic heterocycles. The lowest BCUT2D eigenvalue weighted by atomic mass is 9.88. The molecule has 1 saturated carbocycles. The summed E-state index contributed by atoms with van der Waals surface area (Å²) in [4.78, 5) is 0. The van der Waals surface area contributed by atoms with Gasteiger partial charge in [0.2, 0.25) is 0 Å². The van der Waals surface area contributed by atoms with E-state index in [0.29, 0.717) is 25.0 Å². The lowest BCUT2D eigenvalue weighted by Crippen LogP contribution is -2.26. The first kappa shape index (κ1) is 13.6. The van der Waals surface area contributed by atoms with Crippen LogP contribution in [-0.4, -0.2) is 17.8 Å². The Kier molecular flexibility index (Phi) is 5.21. The molecule has 0 saturated heterocycles. The first-order valence-corrected chi connectivity index (χ1v) is 7.12. The predicted molar refractivity (Wildman–Crippen MR) is 73.4 cm³/mol. The van der Waals surface area contributed by atoms with Gasteiger partial charge in [0.25, 0.3) is 0 Å². The molecule has 3 unspecified atom stereocenters. The van der Waals surface area contributed by atoms with Gasteiger partial charge in [-0.25, -0.2) is 0 Å². The van der Waals surface area contributed by atoms with Crippen molar-refractivity contribution in [2.24, 2.45) is 5.92 Å². The Balaban J connectivity index is 1.71. The second-order valence-electron chi connectivity index (χ2n) is 5.39. The maximum absolute atomic E-state index is 10.0. The molecular formula is C16H24O2. The summed E-state index contributed by atoms with van der Waals surface area (Å²) < 4.78 is 5.93. The van der Waals surface area contributed by atoms with Gasteiger partial charge in [-0.1, -0.05) is 50.1 Å². The smallest absolute Gasteiger partial charge is 0.0812 e. The third-order valence-corrected chi connectivity index (χ3v) is 3.94. The largest absolute Gasteiger partial charge is 0.388 e. The summed E-state index contributed by atoms with van der Waals surface area (Å²) in [7, 11) is 0. The highest BCUT2D eigenvalue weighted by atomic mass is 16.5. The Morgan fingerprint density at radius 3 is 2.67 bits per heavy atom. The van der Waals surface area contributed by atoms with Crippen molar-refractivity contribution in [3.8, 4) is 0 Å². The number of hydrogen-bond donors (Lipinski definition) is 1. The monoisotopic (exact) mass is 248 g/mol. The van der Waals surface area contributed by atoms with Gasteiger partial charge in [0.15, 0.2) is 0 Å².